The van der Waals surface area contributed by atoms with Crippen molar-refractivity contribution >= 4 is 45.9 Å². The number of aliphatic carboxylic acids is 1. The highest BCUT2D eigenvalue weighted by Gasteiger charge is 2.47. The molecule has 12 heteroatoms. The van der Waals surface area contributed by atoms with E-state index in [1.54, 1.807) is 18.3 Å². The number of carboxylic acid groups (broad SMARTS) is 1. The molecule has 36 heavy (non-hydrogen) atoms. The minimum absolute atomic E-state index is 0.0536. The van der Waals surface area contributed by atoms with E-state index >= 15 is 4.39 Å². The van der Waals surface area contributed by atoms with Crippen molar-refractivity contribution in [2.75, 3.05) is 5.32 Å². The molecule has 2 bridgehead atoms. The number of hydrogen-bond donors (Lipinski definition) is 4. The first-order valence-corrected chi connectivity index (χ1v) is 12.9. The van der Waals surface area contributed by atoms with Crippen molar-refractivity contribution in [3.63, 3.8) is 0 Å². The van der Waals surface area contributed by atoms with E-state index in [0.29, 0.717) is 26.5 Å². The normalized spacial score (nSPS) is 23.3. The Morgan fingerprint density at radius 1 is 1.19 bits per heavy atom. The van der Waals surface area contributed by atoms with E-state index in [2.05, 4.69) is 30.2 Å². The van der Waals surface area contributed by atoms with Gasteiger partial charge in [-0.3, -0.25) is 4.79 Å². The van der Waals surface area contributed by atoms with Gasteiger partial charge in [0.15, 0.2) is 23.1 Å². The molecule has 0 amide bonds. The minimum Gasteiger partial charge on any atom is -0.481 e. The Morgan fingerprint density at radius 2 is 1.97 bits per heavy atom. The lowest BCUT2D eigenvalue weighted by Gasteiger charge is -2.47. The Kier molecular flexibility index (Phi) is 5.85. The Balaban J connectivity index is 1.49. The minimum atomic E-state index is -0.871. The second-order valence-electron chi connectivity index (χ2n) is 9.28. The monoisotopic (exact) mass is 528 g/mol. The van der Waals surface area contributed by atoms with Crippen molar-refractivity contribution in [2.24, 2.45) is 17.8 Å². The topological polar surface area (TPSA) is 137 Å². The molecule has 3 fully saturated rings. The maximum absolute atomic E-state index is 15.9. The van der Waals surface area contributed by atoms with Gasteiger partial charge in [-0.05, 0) is 49.7 Å². The van der Waals surface area contributed by atoms with Crippen LogP contribution in [-0.4, -0.2) is 47.1 Å². The zero-order valence-electron chi connectivity index (χ0n) is 18.9. The second kappa shape index (κ2) is 9.06. The molecule has 9 nitrogen and oxygen atoms in total. The van der Waals surface area contributed by atoms with Gasteiger partial charge in [0, 0.05) is 17.1 Å². The quantitative estimate of drug-likeness (QED) is 0.282. The molecule has 4 heterocycles. The van der Waals surface area contributed by atoms with Crippen LogP contribution < -0.4 is 5.32 Å². The number of aromatic nitrogens is 5. The van der Waals surface area contributed by atoms with Crippen LogP contribution in [0.15, 0.2) is 24.5 Å². The summed E-state index contributed by atoms with van der Waals surface area (Å²) >= 11 is 7.30. The van der Waals surface area contributed by atoms with Gasteiger partial charge >= 0.3 is 5.97 Å². The van der Waals surface area contributed by atoms with Crippen LogP contribution in [0.2, 0.25) is 5.15 Å². The van der Waals surface area contributed by atoms with E-state index < -0.39 is 23.7 Å². The Bertz CT molecular complexity index is 1470. The molecule has 186 valence electrons. The number of aromatic amines is 1. The summed E-state index contributed by atoms with van der Waals surface area (Å²) in [4.78, 5) is 34.0. The predicted octanol–water partition coefficient (Wildman–Crippen LogP) is 4.73. The van der Waals surface area contributed by atoms with Crippen LogP contribution in [0, 0.1) is 23.6 Å². The van der Waals surface area contributed by atoms with Gasteiger partial charge in [0.1, 0.15) is 16.4 Å². The average molecular weight is 529 g/mol. The fraction of sp³-hybridized carbons (Fsp3) is 0.375. The van der Waals surface area contributed by atoms with E-state index in [1.165, 1.54) is 17.5 Å². The molecule has 0 aliphatic heterocycles. The van der Waals surface area contributed by atoms with Crippen molar-refractivity contribution < 1.29 is 19.4 Å². The number of aliphatic hydroxyl groups is 1. The Hall–Kier alpha value is -3.15. The third-order valence-electron chi connectivity index (χ3n) is 7.30. The zero-order chi connectivity index (χ0) is 25.0. The van der Waals surface area contributed by atoms with Crippen molar-refractivity contribution in [3.8, 4) is 22.0 Å². The van der Waals surface area contributed by atoms with Crippen LogP contribution in [0.5, 0.6) is 0 Å². The number of aliphatic hydroxyl groups excluding tert-OH is 1. The van der Waals surface area contributed by atoms with Gasteiger partial charge in [-0.2, -0.15) is 0 Å². The fourth-order valence-corrected chi connectivity index (χ4v) is 6.61. The number of carboxylic acids is 1. The van der Waals surface area contributed by atoms with E-state index in [0.717, 1.165) is 25.7 Å². The van der Waals surface area contributed by atoms with Crippen LogP contribution in [0.25, 0.3) is 33.1 Å². The number of nitrogens with one attached hydrogen (secondary N) is 2. The third-order valence-corrected chi connectivity index (χ3v) is 8.56. The van der Waals surface area contributed by atoms with E-state index in [4.69, 9.17) is 11.6 Å². The SMILES string of the molecule is O=C(O)[C@H]1C2CCC(CC2)[C@@H]1Nc1nc(-c2c[nH]c3ncc(Cl)nc23)nc(-c2ccc(CO)s2)c1F. The highest BCUT2D eigenvalue weighted by atomic mass is 35.5. The van der Waals surface area contributed by atoms with Crippen LogP contribution in [0.3, 0.4) is 0 Å². The lowest BCUT2D eigenvalue weighted by atomic mass is 9.61. The molecule has 3 aliphatic carbocycles. The summed E-state index contributed by atoms with van der Waals surface area (Å²) in [5, 5.41) is 22.9. The second-order valence-corrected chi connectivity index (χ2v) is 10.8. The Morgan fingerprint density at radius 3 is 2.69 bits per heavy atom. The maximum atomic E-state index is 15.9. The summed E-state index contributed by atoms with van der Waals surface area (Å²) in [6, 6.07) is 2.98. The van der Waals surface area contributed by atoms with Gasteiger partial charge in [-0.1, -0.05) is 11.6 Å². The molecular formula is C24H22ClFN6O3S. The summed E-state index contributed by atoms with van der Waals surface area (Å²) < 4.78 is 15.9. The lowest BCUT2D eigenvalue weighted by molar-refractivity contribution is -0.148. The van der Waals surface area contributed by atoms with Gasteiger partial charge in [0.25, 0.3) is 0 Å². The number of hydrogen-bond acceptors (Lipinski definition) is 8. The van der Waals surface area contributed by atoms with Gasteiger partial charge < -0.3 is 20.5 Å². The lowest BCUT2D eigenvalue weighted by Crippen LogP contribution is -2.51. The summed E-state index contributed by atoms with van der Waals surface area (Å²) in [6.07, 6.45) is 6.60. The van der Waals surface area contributed by atoms with Crippen LogP contribution in [0.1, 0.15) is 30.6 Å². The summed E-state index contributed by atoms with van der Waals surface area (Å²) in [6.45, 7) is -0.169. The molecule has 0 unspecified atom stereocenters. The number of halogens is 2. The highest BCUT2D eigenvalue weighted by molar-refractivity contribution is 7.15. The molecule has 0 saturated heterocycles. The molecule has 0 aromatic carbocycles. The number of H-pyrrole nitrogens is 1. The summed E-state index contributed by atoms with van der Waals surface area (Å²) in [5.41, 5.74) is 1.47. The van der Waals surface area contributed by atoms with Crippen molar-refractivity contribution in [3.05, 3.63) is 40.4 Å². The van der Waals surface area contributed by atoms with Gasteiger partial charge in [0.05, 0.1) is 29.2 Å². The standard InChI is InChI=1S/C24H22ClFN6O3S/c25-15-8-28-23-19(29-15)13(7-27-23)21-31-20(14-6-5-12(9-33)36-14)17(26)22(32-21)30-18-11-3-1-10(2-4-11)16(18)24(34)35/h5-8,10-11,16,18,33H,1-4,9H2,(H,27,28)(H,34,35)(H,30,31,32)/t10?,11?,16-,18-/m0/s1. The van der Waals surface area contributed by atoms with Gasteiger partial charge in [-0.25, -0.2) is 24.3 Å². The smallest absolute Gasteiger partial charge is 0.308 e. The molecule has 4 aromatic rings. The predicted molar refractivity (Wildman–Crippen MR) is 133 cm³/mol. The number of carbonyl (C=O) groups is 1. The first kappa shape index (κ1) is 23.3. The van der Waals surface area contributed by atoms with E-state index in [-0.39, 0.29) is 40.9 Å². The molecular weight excluding hydrogens is 507 g/mol. The summed E-state index contributed by atoms with van der Waals surface area (Å²) in [5.74, 6) is -1.82. The number of nitrogens with zero attached hydrogens (tertiary/aromatic N) is 4. The fourth-order valence-electron chi connectivity index (χ4n) is 5.63. The van der Waals surface area contributed by atoms with Gasteiger partial charge in [-0.15, -0.1) is 11.3 Å². The molecule has 0 radical (unpaired) electrons. The number of thiophene rings is 1. The Labute approximate surface area is 213 Å². The first-order valence-electron chi connectivity index (χ1n) is 11.7. The largest absolute Gasteiger partial charge is 0.481 e. The highest BCUT2D eigenvalue weighted by Crippen LogP contribution is 2.47. The average Bonchev–Trinajstić information content (AvgIpc) is 3.53. The number of fused-ring (bicyclic) bond motifs is 4. The number of rotatable bonds is 6. The first-order chi connectivity index (χ1) is 17.4. The van der Waals surface area contributed by atoms with Crippen LogP contribution >= 0.6 is 22.9 Å². The summed E-state index contributed by atoms with van der Waals surface area (Å²) in [7, 11) is 0. The van der Waals surface area contributed by atoms with Crippen molar-refractivity contribution in [1.82, 2.24) is 24.9 Å². The molecule has 2 atom stereocenters. The number of anilines is 1. The molecule has 3 aliphatic rings. The molecule has 7 rings (SSSR count). The van der Waals surface area contributed by atoms with Crippen molar-refractivity contribution in [2.45, 2.75) is 38.3 Å². The molecule has 0 spiro atoms. The third kappa shape index (κ3) is 3.91. The van der Waals surface area contributed by atoms with E-state index in [1.807, 2.05) is 0 Å². The molecule has 4 aromatic heterocycles. The van der Waals surface area contributed by atoms with Gasteiger partial charge in [0.2, 0.25) is 0 Å². The van der Waals surface area contributed by atoms with Crippen LogP contribution in [-0.2, 0) is 11.4 Å². The van der Waals surface area contributed by atoms with Crippen molar-refractivity contribution in [1.29, 1.82) is 0 Å². The van der Waals surface area contributed by atoms with E-state index in [9.17, 15) is 15.0 Å². The molecule has 3 saturated carbocycles. The maximum Gasteiger partial charge on any atom is 0.308 e. The molecule has 4 N–H and O–H groups in total. The van der Waals surface area contributed by atoms with Crippen LogP contribution in [0.4, 0.5) is 10.2 Å². The zero-order valence-corrected chi connectivity index (χ0v) is 20.5.